The number of hydrazone groups is 1. The summed E-state index contributed by atoms with van der Waals surface area (Å²) in [4.78, 5) is 41.9. The number of aromatic nitrogens is 1. The molecule has 3 atom stereocenters. The molecule has 1 aromatic heterocycles. The SMILES string of the molecule is CC1=NN(c2ccccc2)C2(CC[C@H](C)N3C[C@H]2n2cc(C(=O)NCc4c(F)cc(C)cc4F)c(=O)c(O)c2C3=O)C1. The summed E-state index contributed by atoms with van der Waals surface area (Å²) in [7, 11) is 0. The third-order valence-corrected chi connectivity index (χ3v) is 8.74. The fourth-order valence-electron chi connectivity index (χ4n) is 6.65. The lowest BCUT2D eigenvalue weighted by molar-refractivity contribution is 0.0579. The number of nitrogens with one attached hydrogen (secondary N) is 1. The van der Waals surface area contributed by atoms with Crippen molar-refractivity contribution in [3.8, 4) is 5.75 Å². The number of aromatic hydroxyl groups is 1. The van der Waals surface area contributed by atoms with Crippen LogP contribution in [0.2, 0.25) is 0 Å². The molecule has 2 amide bonds. The Morgan fingerprint density at radius 3 is 2.52 bits per heavy atom. The van der Waals surface area contributed by atoms with Gasteiger partial charge in [0, 0.05) is 43.0 Å². The molecule has 218 valence electrons. The van der Waals surface area contributed by atoms with Gasteiger partial charge in [0.1, 0.15) is 17.2 Å². The highest BCUT2D eigenvalue weighted by Gasteiger charge is 2.55. The number of carbonyl (C=O) groups is 2. The molecule has 1 saturated heterocycles. The molecule has 11 heteroatoms. The van der Waals surface area contributed by atoms with Crippen molar-refractivity contribution >= 4 is 23.2 Å². The molecular formula is C31H31F2N5O4. The van der Waals surface area contributed by atoms with Crippen LogP contribution < -0.4 is 15.8 Å². The maximum atomic E-state index is 14.4. The maximum absolute atomic E-state index is 14.4. The molecule has 2 aromatic carbocycles. The van der Waals surface area contributed by atoms with Crippen molar-refractivity contribution in [3.05, 3.63) is 92.9 Å². The lowest BCUT2D eigenvalue weighted by Crippen LogP contribution is -2.56. The van der Waals surface area contributed by atoms with Crippen molar-refractivity contribution in [3.63, 3.8) is 0 Å². The minimum absolute atomic E-state index is 0.163. The average Bonchev–Trinajstić information content (AvgIpc) is 3.23. The van der Waals surface area contributed by atoms with Crippen LogP contribution in [0.3, 0.4) is 0 Å². The van der Waals surface area contributed by atoms with E-state index in [-0.39, 0.29) is 23.8 Å². The Kier molecular flexibility index (Phi) is 6.63. The third-order valence-electron chi connectivity index (χ3n) is 8.74. The van der Waals surface area contributed by atoms with E-state index in [1.54, 1.807) is 16.4 Å². The summed E-state index contributed by atoms with van der Waals surface area (Å²) in [6.45, 7) is 5.20. The monoisotopic (exact) mass is 575 g/mol. The zero-order valence-corrected chi connectivity index (χ0v) is 23.5. The van der Waals surface area contributed by atoms with Gasteiger partial charge in [-0.1, -0.05) is 18.2 Å². The molecule has 4 heterocycles. The number of rotatable bonds is 4. The van der Waals surface area contributed by atoms with Crippen molar-refractivity contribution in [1.29, 1.82) is 0 Å². The number of hydrogen-bond acceptors (Lipinski definition) is 6. The van der Waals surface area contributed by atoms with E-state index in [9.17, 15) is 28.3 Å². The number of halogens is 2. The Balaban J connectivity index is 1.45. The Bertz CT molecular complexity index is 1680. The van der Waals surface area contributed by atoms with Crippen LogP contribution in [-0.2, 0) is 6.54 Å². The molecule has 3 aliphatic rings. The predicted molar refractivity (Wildman–Crippen MR) is 153 cm³/mol. The maximum Gasteiger partial charge on any atom is 0.274 e. The molecule has 0 saturated carbocycles. The number of amides is 2. The van der Waals surface area contributed by atoms with Crippen LogP contribution in [0, 0.1) is 18.6 Å². The largest absolute Gasteiger partial charge is 0.503 e. The number of pyridine rings is 1. The molecule has 0 radical (unpaired) electrons. The van der Waals surface area contributed by atoms with E-state index in [2.05, 4.69) is 5.32 Å². The minimum Gasteiger partial charge on any atom is -0.503 e. The Hall–Kier alpha value is -4.54. The smallest absolute Gasteiger partial charge is 0.274 e. The van der Waals surface area contributed by atoms with Gasteiger partial charge in [-0.15, -0.1) is 0 Å². The van der Waals surface area contributed by atoms with Crippen LogP contribution in [-0.4, -0.2) is 50.2 Å². The fraction of sp³-hybridized carbons (Fsp3) is 0.355. The molecule has 2 N–H and O–H groups in total. The van der Waals surface area contributed by atoms with Crippen LogP contribution in [0.5, 0.6) is 5.75 Å². The molecule has 0 aliphatic carbocycles. The summed E-state index contributed by atoms with van der Waals surface area (Å²) in [6.07, 6.45) is 3.18. The summed E-state index contributed by atoms with van der Waals surface area (Å²) in [5.74, 6) is -3.90. The van der Waals surface area contributed by atoms with Gasteiger partial charge in [0.25, 0.3) is 11.8 Å². The molecule has 1 fully saturated rings. The molecule has 3 aromatic rings. The van der Waals surface area contributed by atoms with Crippen molar-refractivity contribution in [2.75, 3.05) is 11.6 Å². The van der Waals surface area contributed by atoms with Gasteiger partial charge >= 0.3 is 0 Å². The normalized spacial score (nSPS) is 23.1. The predicted octanol–water partition coefficient (Wildman–Crippen LogP) is 4.27. The van der Waals surface area contributed by atoms with Gasteiger partial charge in [-0.2, -0.15) is 5.10 Å². The second-order valence-corrected chi connectivity index (χ2v) is 11.5. The highest BCUT2D eigenvalue weighted by Crippen LogP contribution is 2.49. The second kappa shape index (κ2) is 10.1. The zero-order chi connectivity index (χ0) is 29.9. The number of benzene rings is 2. The lowest BCUT2D eigenvalue weighted by atomic mass is 9.80. The van der Waals surface area contributed by atoms with Gasteiger partial charge < -0.3 is 19.9 Å². The van der Waals surface area contributed by atoms with E-state index in [1.807, 2.05) is 49.2 Å². The second-order valence-electron chi connectivity index (χ2n) is 11.5. The van der Waals surface area contributed by atoms with Crippen LogP contribution in [0.25, 0.3) is 0 Å². The molecule has 1 unspecified atom stereocenters. The first-order valence-electron chi connectivity index (χ1n) is 13.9. The van der Waals surface area contributed by atoms with Crippen molar-refractivity contribution in [2.45, 2.75) is 64.2 Å². The van der Waals surface area contributed by atoms with E-state index in [0.29, 0.717) is 24.8 Å². The quantitative estimate of drug-likeness (QED) is 0.483. The third kappa shape index (κ3) is 4.26. The van der Waals surface area contributed by atoms with Crippen molar-refractivity contribution in [2.24, 2.45) is 5.10 Å². The Labute approximate surface area is 241 Å². The topological polar surface area (TPSA) is 107 Å². The van der Waals surface area contributed by atoms with Crippen LogP contribution in [0.15, 0.2) is 58.6 Å². The Morgan fingerprint density at radius 2 is 1.83 bits per heavy atom. The minimum atomic E-state index is -1.03. The first-order valence-corrected chi connectivity index (χ1v) is 13.9. The number of nitrogens with zero attached hydrogens (tertiary/aromatic N) is 4. The van der Waals surface area contributed by atoms with Crippen LogP contribution >= 0.6 is 0 Å². The molecule has 9 nitrogen and oxygen atoms in total. The summed E-state index contributed by atoms with van der Waals surface area (Å²) in [6, 6.07) is 11.3. The zero-order valence-electron chi connectivity index (χ0n) is 23.5. The van der Waals surface area contributed by atoms with Crippen LogP contribution in [0.4, 0.5) is 14.5 Å². The van der Waals surface area contributed by atoms with Crippen molar-refractivity contribution < 1.29 is 23.5 Å². The van der Waals surface area contributed by atoms with E-state index in [0.717, 1.165) is 23.5 Å². The first-order chi connectivity index (χ1) is 20.0. The summed E-state index contributed by atoms with van der Waals surface area (Å²) in [5.41, 5.74) is -0.517. The number of aryl methyl sites for hydroxylation is 1. The number of hydrogen-bond donors (Lipinski definition) is 2. The highest BCUT2D eigenvalue weighted by molar-refractivity contribution is 5.99. The number of fused-ring (bicyclic) bond motifs is 5. The standard InChI is InChI=1S/C31H31F2N5O4/c1-17-11-23(32)21(24(33)12-17)14-34-29(41)22-15-37-25-16-36(30(42)26(37)28(40)27(22)39)19(3)9-10-31(25)13-18(2)35-38(31)20-7-5-4-6-8-20/h4-8,11-12,15,19,25,40H,9-10,13-14,16H2,1-3H3,(H,34,41)/t19-,25+,31?/m0/s1. The molecular weight excluding hydrogens is 544 g/mol. The molecule has 6 rings (SSSR count). The van der Waals surface area contributed by atoms with Gasteiger partial charge in [-0.3, -0.25) is 19.4 Å². The summed E-state index contributed by atoms with van der Waals surface area (Å²) in [5, 5.41) is 20.4. The van der Waals surface area contributed by atoms with Crippen LogP contribution in [0.1, 0.15) is 71.1 Å². The van der Waals surface area contributed by atoms with Gasteiger partial charge in [-0.05, 0) is 63.4 Å². The molecule has 3 aliphatic heterocycles. The number of anilines is 1. The van der Waals surface area contributed by atoms with Gasteiger partial charge in [0.2, 0.25) is 5.43 Å². The van der Waals surface area contributed by atoms with E-state index < -0.39 is 58.3 Å². The summed E-state index contributed by atoms with van der Waals surface area (Å²) < 4.78 is 30.4. The highest BCUT2D eigenvalue weighted by atomic mass is 19.1. The van der Waals surface area contributed by atoms with Crippen molar-refractivity contribution in [1.82, 2.24) is 14.8 Å². The lowest BCUT2D eigenvalue weighted by Gasteiger charge is -2.47. The molecule has 1 spiro atoms. The number of carbonyl (C=O) groups excluding carboxylic acids is 2. The fourth-order valence-corrected chi connectivity index (χ4v) is 6.65. The van der Waals surface area contributed by atoms with E-state index >= 15 is 0 Å². The van der Waals surface area contributed by atoms with E-state index in [4.69, 9.17) is 5.10 Å². The van der Waals surface area contributed by atoms with E-state index in [1.165, 1.54) is 6.20 Å². The molecule has 42 heavy (non-hydrogen) atoms. The Morgan fingerprint density at radius 1 is 1.14 bits per heavy atom. The number of para-hydroxylation sites is 1. The first kappa shape index (κ1) is 27.6. The van der Waals surface area contributed by atoms with Gasteiger partial charge in [0.05, 0.1) is 17.3 Å². The average molecular weight is 576 g/mol. The van der Waals surface area contributed by atoms with Gasteiger partial charge in [0.15, 0.2) is 11.4 Å². The van der Waals surface area contributed by atoms with Gasteiger partial charge in [-0.25, -0.2) is 8.78 Å². The molecule has 2 bridgehead atoms. The summed E-state index contributed by atoms with van der Waals surface area (Å²) >= 11 is 0.